The Morgan fingerprint density at radius 1 is 1.18 bits per heavy atom. The predicted molar refractivity (Wildman–Crippen MR) is 76.7 cm³/mol. The highest BCUT2D eigenvalue weighted by molar-refractivity contribution is 6.03. The lowest BCUT2D eigenvalue weighted by Crippen LogP contribution is -2.21. The van der Waals surface area contributed by atoms with E-state index >= 15 is 0 Å². The number of benzene rings is 2. The number of aromatic hydroxyl groups is 3. The molecule has 6 heteroatoms. The Morgan fingerprint density at radius 2 is 1.86 bits per heavy atom. The van der Waals surface area contributed by atoms with Crippen LogP contribution in [0.4, 0.5) is 0 Å². The van der Waals surface area contributed by atoms with Gasteiger partial charge in [-0.05, 0) is 12.1 Å². The fourth-order valence-electron chi connectivity index (χ4n) is 2.60. The van der Waals surface area contributed by atoms with Crippen LogP contribution in [0.2, 0.25) is 0 Å². The van der Waals surface area contributed by atoms with Crippen LogP contribution in [0.25, 0.3) is 0 Å². The highest BCUT2D eigenvalue weighted by atomic mass is 16.5. The predicted octanol–water partition coefficient (Wildman–Crippen LogP) is 2.52. The topological polar surface area (TPSA) is 96.2 Å². The van der Waals surface area contributed by atoms with Gasteiger partial charge in [0.25, 0.3) is 0 Å². The van der Waals surface area contributed by atoms with E-state index in [1.54, 1.807) is 0 Å². The van der Waals surface area contributed by atoms with Crippen molar-refractivity contribution in [3.05, 3.63) is 41.5 Å². The van der Waals surface area contributed by atoms with Crippen molar-refractivity contribution in [2.45, 2.75) is 12.5 Å². The lowest BCUT2D eigenvalue weighted by atomic mass is 9.94. The molecular formula is C16H14O6. The van der Waals surface area contributed by atoms with Crippen LogP contribution in [0.1, 0.15) is 28.4 Å². The molecular weight excluding hydrogens is 288 g/mol. The molecule has 22 heavy (non-hydrogen) atoms. The van der Waals surface area contributed by atoms with E-state index < -0.39 is 6.10 Å². The Kier molecular flexibility index (Phi) is 3.29. The van der Waals surface area contributed by atoms with Crippen molar-refractivity contribution < 1.29 is 29.6 Å². The Labute approximate surface area is 126 Å². The van der Waals surface area contributed by atoms with Crippen LogP contribution in [0, 0.1) is 0 Å². The number of phenolic OH excluding ortho intramolecular Hbond substituents is 3. The molecule has 0 amide bonds. The molecule has 0 saturated heterocycles. The first-order chi connectivity index (χ1) is 10.5. The van der Waals surface area contributed by atoms with E-state index in [4.69, 9.17) is 9.47 Å². The zero-order valence-electron chi connectivity index (χ0n) is 11.7. The van der Waals surface area contributed by atoms with E-state index in [2.05, 4.69) is 0 Å². The molecule has 0 radical (unpaired) electrons. The second-order valence-corrected chi connectivity index (χ2v) is 4.96. The van der Waals surface area contributed by atoms with Gasteiger partial charge in [0.1, 0.15) is 40.4 Å². The number of methoxy groups -OCH3 is 1. The summed E-state index contributed by atoms with van der Waals surface area (Å²) in [7, 11) is 1.39. The first-order valence-corrected chi connectivity index (χ1v) is 6.63. The Balaban J connectivity index is 2.08. The van der Waals surface area contributed by atoms with E-state index in [9.17, 15) is 20.1 Å². The number of rotatable bonds is 2. The maximum atomic E-state index is 12.4. The molecule has 2 aromatic carbocycles. The lowest BCUT2D eigenvalue weighted by Gasteiger charge is -2.27. The summed E-state index contributed by atoms with van der Waals surface area (Å²) in [6.07, 6.45) is -0.896. The molecule has 3 N–H and O–H groups in total. The molecule has 1 heterocycles. The van der Waals surface area contributed by atoms with Crippen molar-refractivity contribution in [2.24, 2.45) is 0 Å². The standard InChI is InChI=1S/C16H14O6/c1-21-12-5-8(17)6-13-16(12)11(20)7-14(22-13)15-9(18)3-2-4-10(15)19/h2-6,14,17-19H,7H2,1H3/t14-/m0/s1. The molecule has 114 valence electrons. The summed E-state index contributed by atoms with van der Waals surface area (Å²) in [5.74, 6) is -0.307. The normalized spacial score (nSPS) is 16.8. The summed E-state index contributed by atoms with van der Waals surface area (Å²) in [6, 6.07) is 6.93. The molecule has 2 aromatic rings. The number of hydrogen-bond acceptors (Lipinski definition) is 6. The van der Waals surface area contributed by atoms with E-state index in [1.165, 1.54) is 37.4 Å². The summed E-state index contributed by atoms with van der Waals surface area (Å²) in [6.45, 7) is 0. The monoisotopic (exact) mass is 302 g/mol. The zero-order valence-corrected chi connectivity index (χ0v) is 11.7. The highest BCUT2D eigenvalue weighted by Gasteiger charge is 2.33. The summed E-state index contributed by atoms with van der Waals surface area (Å²) in [4.78, 5) is 12.4. The second-order valence-electron chi connectivity index (χ2n) is 4.96. The van der Waals surface area contributed by atoms with E-state index in [1.807, 2.05) is 0 Å². The van der Waals surface area contributed by atoms with Gasteiger partial charge in [-0.25, -0.2) is 0 Å². The van der Waals surface area contributed by atoms with Gasteiger partial charge in [0.05, 0.1) is 19.1 Å². The van der Waals surface area contributed by atoms with Crippen LogP contribution in [0.5, 0.6) is 28.7 Å². The molecule has 0 aliphatic carbocycles. The van der Waals surface area contributed by atoms with Gasteiger partial charge in [0, 0.05) is 12.1 Å². The third-order valence-corrected chi connectivity index (χ3v) is 3.57. The third kappa shape index (κ3) is 2.18. The van der Waals surface area contributed by atoms with E-state index in [-0.39, 0.29) is 52.1 Å². The molecule has 6 nitrogen and oxygen atoms in total. The minimum atomic E-state index is -0.840. The summed E-state index contributed by atoms with van der Waals surface area (Å²) < 4.78 is 10.8. The summed E-state index contributed by atoms with van der Waals surface area (Å²) >= 11 is 0. The number of ether oxygens (including phenoxy) is 2. The van der Waals surface area contributed by atoms with Crippen molar-refractivity contribution in [3.63, 3.8) is 0 Å². The molecule has 3 rings (SSSR count). The van der Waals surface area contributed by atoms with Crippen molar-refractivity contribution >= 4 is 5.78 Å². The molecule has 0 aromatic heterocycles. The van der Waals surface area contributed by atoms with Crippen molar-refractivity contribution in [3.8, 4) is 28.7 Å². The molecule has 1 atom stereocenters. The minimum Gasteiger partial charge on any atom is -0.508 e. The van der Waals surface area contributed by atoms with Crippen LogP contribution in [0.15, 0.2) is 30.3 Å². The Bertz CT molecular complexity index is 732. The van der Waals surface area contributed by atoms with Gasteiger partial charge in [-0.15, -0.1) is 0 Å². The summed E-state index contributed by atoms with van der Waals surface area (Å²) in [5, 5.41) is 29.5. The molecule has 1 aliphatic rings. The smallest absolute Gasteiger partial charge is 0.174 e. The van der Waals surface area contributed by atoms with Gasteiger partial charge in [0.15, 0.2) is 5.78 Å². The number of hydrogen-bond donors (Lipinski definition) is 3. The third-order valence-electron chi connectivity index (χ3n) is 3.57. The molecule has 0 fully saturated rings. The van der Waals surface area contributed by atoms with Gasteiger partial charge in [0.2, 0.25) is 0 Å². The van der Waals surface area contributed by atoms with Crippen molar-refractivity contribution in [1.82, 2.24) is 0 Å². The van der Waals surface area contributed by atoms with Crippen LogP contribution in [-0.4, -0.2) is 28.2 Å². The van der Waals surface area contributed by atoms with Crippen molar-refractivity contribution in [1.29, 1.82) is 0 Å². The lowest BCUT2D eigenvalue weighted by molar-refractivity contribution is 0.0838. The molecule has 0 bridgehead atoms. The molecule has 0 unspecified atom stereocenters. The molecule has 1 aliphatic heterocycles. The van der Waals surface area contributed by atoms with E-state index in [0.717, 1.165) is 0 Å². The summed E-state index contributed by atoms with van der Waals surface area (Å²) in [5.41, 5.74) is 0.385. The van der Waals surface area contributed by atoms with Crippen LogP contribution in [0.3, 0.4) is 0 Å². The van der Waals surface area contributed by atoms with Gasteiger partial charge < -0.3 is 24.8 Å². The number of ketones is 1. The molecule has 0 saturated carbocycles. The largest absolute Gasteiger partial charge is 0.508 e. The van der Waals surface area contributed by atoms with Crippen molar-refractivity contribution in [2.75, 3.05) is 7.11 Å². The quantitative estimate of drug-likeness (QED) is 0.789. The Morgan fingerprint density at radius 3 is 2.50 bits per heavy atom. The molecule has 0 spiro atoms. The number of carbonyl (C=O) groups is 1. The fraction of sp³-hybridized carbons (Fsp3) is 0.188. The van der Waals surface area contributed by atoms with Crippen LogP contribution in [-0.2, 0) is 0 Å². The maximum Gasteiger partial charge on any atom is 0.174 e. The number of carbonyl (C=O) groups excluding carboxylic acids is 1. The zero-order chi connectivity index (χ0) is 15.9. The first kappa shape index (κ1) is 14.1. The van der Waals surface area contributed by atoms with Gasteiger partial charge in [-0.2, -0.15) is 0 Å². The minimum absolute atomic E-state index is 0.0563. The highest BCUT2D eigenvalue weighted by Crippen LogP contribution is 2.45. The fourth-order valence-corrected chi connectivity index (χ4v) is 2.60. The second kappa shape index (κ2) is 5.14. The van der Waals surface area contributed by atoms with Gasteiger partial charge in [-0.1, -0.05) is 6.07 Å². The average Bonchev–Trinajstić information content (AvgIpc) is 2.45. The van der Waals surface area contributed by atoms with Crippen LogP contribution >= 0.6 is 0 Å². The average molecular weight is 302 g/mol. The number of fused-ring (bicyclic) bond motifs is 1. The van der Waals surface area contributed by atoms with Gasteiger partial charge >= 0.3 is 0 Å². The maximum absolute atomic E-state index is 12.4. The Hall–Kier alpha value is -2.89. The number of Topliss-reactive ketones (excluding diaryl/α,β-unsaturated/α-hetero) is 1. The van der Waals surface area contributed by atoms with E-state index in [0.29, 0.717) is 0 Å². The number of phenols is 3. The van der Waals surface area contributed by atoms with Gasteiger partial charge in [-0.3, -0.25) is 4.79 Å². The van der Waals surface area contributed by atoms with Crippen LogP contribution < -0.4 is 9.47 Å². The SMILES string of the molecule is COc1cc(O)cc2c1C(=O)C[C@@H](c1c(O)cccc1O)O2. The first-order valence-electron chi connectivity index (χ1n) is 6.63.